The lowest BCUT2D eigenvalue weighted by Crippen LogP contribution is -2.44. The maximum Gasteiger partial charge on any atom is 0.303 e. The average Bonchev–Trinajstić information content (AvgIpc) is 2.97. The number of aryl methyl sites for hydroxylation is 1. The van der Waals surface area contributed by atoms with Gasteiger partial charge in [0, 0.05) is 18.3 Å². The summed E-state index contributed by atoms with van der Waals surface area (Å²) >= 11 is 0. The molecule has 29 heavy (non-hydrogen) atoms. The van der Waals surface area contributed by atoms with Crippen molar-refractivity contribution in [1.29, 1.82) is 0 Å². The third-order valence-electron chi connectivity index (χ3n) is 8.24. The molecule has 5 atom stereocenters. The number of fused-ring (bicyclic) bond motifs is 5. The largest absolute Gasteiger partial charge is 0.497 e. The number of carbonyl (C=O) groups is 2. The zero-order valence-electron chi connectivity index (χ0n) is 17.8. The van der Waals surface area contributed by atoms with E-state index in [4.69, 9.17) is 9.84 Å². The first-order chi connectivity index (χ1) is 13.9. The molecule has 0 aromatic heterocycles. The Bertz CT molecular complexity index is 785. The predicted octanol–water partition coefficient (Wildman–Crippen LogP) is 5.38. The summed E-state index contributed by atoms with van der Waals surface area (Å²) in [5, 5.41) is 8.84. The van der Waals surface area contributed by atoms with Gasteiger partial charge in [0.25, 0.3) is 0 Å². The number of carbonyl (C=O) groups excluding carboxylic acids is 1. The van der Waals surface area contributed by atoms with Gasteiger partial charge in [0.05, 0.1) is 7.11 Å². The Morgan fingerprint density at radius 1 is 1.24 bits per heavy atom. The number of methoxy groups -OCH3 is 1. The van der Waals surface area contributed by atoms with Crippen LogP contribution in [0.25, 0.3) is 0 Å². The van der Waals surface area contributed by atoms with Gasteiger partial charge in [0.2, 0.25) is 0 Å². The summed E-state index contributed by atoms with van der Waals surface area (Å²) in [7, 11) is 1.73. The van der Waals surface area contributed by atoms with Crippen LogP contribution in [0.1, 0.15) is 81.8 Å². The molecule has 0 aliphatic heterocycles. The van der Waals surface area contributed by atoms with Crippen molar-refractivity contribution in [2.45, 2.75) is 77.0 Å². The van der Waals surface area contributed by atoms with Crippen LogP contribution in [0.15, 0.2) is 18.2 Å². The highest BCUT2D eigenvalue weighted by Gasteiger charge is 2.58. The molecule has 2 fully saturated rings. The van der Waals surface area contributed by atoms with Gasteiger partial charge in [-0.05, 0) is 85.5 Å². The first-order valence-corrected chi connectivity index (χ1v) is 11.4. The van der Waals surface area contributed by atoms with E-state index in [-0.39, 0.29) is 11.8 Å². The number of ether oxygens (including phenoxy) is 1. The Balaban J connectivity index is 1.50. The number of ketones is 1. The lowest BCUT2D eigenvalue weighted by molar-refractivity contribution is -0.137. The molecular formula is C25H34O4. The average molecular weight is 399 g/mol. The van der Waals surface area contributed by atoms with E-state index in [1.165, 1.54) is 17.5 Å². The van der Waals surface area contributed by atoms with E-state index < -0.39 is 5.97 Å². The Morgan fingerprint density at radius 3 is 2.83 bits per heavy atom. The Kier molecular flexibility index (Phi) is 5.72. The minimum absolute atomic E-state index is 0.142. The molecule has 0 heterocycles. The molecule has 0 amide bonds. The molecule has 3 aliphatic carbocycles. The third kappa shape index (κ3) is 3.71. The van der Waals surface area contributed by atoms with E-state index in [2.05, 4.69) is 25.1 Å². The number of carboxylic acid groups (broad SMARTS) is 1. The van der Waals surface area contributed by atoms with Crippen LogP contribution in [0.5, 0.6) is 5.75 Å². The lowest BCUT2D eigenvalue weighted by Gasteiger charge is -2.50. The Hall–Kier alpha value is -1.84. The maximum absolute atomic E-state index is 13.0. The molecule has 5 unspecified atom stereocenters. The molecular weight excluding hydrogens is 364 g/mol. The topological polar surface area (TPSA) is 63.6 Å². The molecule has 1 N–H and O–H groups in total. The van der Waals surface area contributed by atoms with Gasteiger partial charge in [-0.15, -0.1) is 0 Å². The van der Waals surface area contributed by atoms with E-state index in [0.29, 0.717) is 29.5 Å². The summed E-state index contributed by atoms with van der Waals surface area (Å²) < 4.78 is 5.43. The van der Waals surface area contributed by atoms with Crippen LogP contribution < -0.4 is 4.74 Å². The molecule has 2 saturated carbocycles. The fourth-order valence-corrected chi connectivity index (χ4v) is 6.87. The van der Waals surface area contributed by atoms with Crippen molar-refractivity contribution in [1.82, 2.24) is 0 Å². The quantitative estimate of drug-likeness (QED) is 0.626. The van der Waals surface area contributed by atoms with Gasteiger partial charge in [-0.1, -0.05) is 25.8 Å². The summed E-state index contributed by atoms with van der Waals surface area (Å²) in [5.41, 5.74) is 2.78. The third-order valence-corrected chi connectivity index (χ3v) is 8.24. The second-order valence-electron chi connectivity index (χ2n) is 9.74. The number of Topliss-reactive ketones (excluding diaryl/α,β-unsaturated/α-hetero) is 1. The number of hydrogen-bond donors (Lipinski definition) is 1. The van der Waals surface area contributed by atoms with Crippen molar-refractivity contribution < 1.29 is 19.4 Å². The number of rotatable bonds is 7. The van der Waals surface area contributed by atoms with Crippen LogP contribution in [0.4, 0.5) is 0 Å². The van der Waals surface area contributed by atoms with Gasteiger partial charge in [0.1, 0.15) is 11.5 Å². The van der Waals surface area contributed by atoms with E-state index in [9.17, 15) is 9.59 Å². The summed E-state index contributed by atoms with van der Waals surface area (Å²) in [6.07, 6.45) is 9.21. The summed E-state index contributed by atoms with van der Waals surface area (Å²) in [6.45, 7) is 2.24. The SMILES string of the molecule is COc1ccc2c(c1)CCC1C2CCC2(C)C(=O)CC(CCCCCC(=O)O)C12. The maximum atomic E-state index is 13.0. The second-order valence-corrected chi connectivity index (χ2v) is 9.74. The second kappa shape index (κ2) is 8.12. The van der Waals surface area contributed by atoms with Gasteiger partial charge in [0.15, 0.2) is 0 Å². The first kappa shape index (κ1) is 20.4. The summed E-state index contributed by atoms with van der Waals surface area (Å²) in [6, 6.07) is 6.57. The molecule has 4 nitrogen and oxygen atoms in total. The van der Waals surface area contributed by atoms with Crippen molar-refractivity contribution in [2.24, 2.45) is 23.2 Å². The fourth-order valence-electron chi connectivity index (χ4n) is 6.87. The normalized spacial score (nSPS) is 33.0. The van der Waals surface area contributed by atoms with E-state index in [0.717, 1.165) is 57.1 Å². The Labute approximate surface area is 174 Å². The van der Waals surface area contributed by atoms with Crippen molar-refractivity contribution in [2.75, 3.05) is 7.11 Å². The zero-order chi connectivity index (χ0) is 20.6. The summed E-state index contributed by atoms with van der Waals surface area (Å²) in [4.78, 5) is 23.8. The van der Waals surface area contributed by atoms with Crippen LogP contribution >= 0.6 is 0 Å². The van der Waals surface area contributed by atoms with Crippen LogP contribution in [-0.4, -0.2) is 24.0 Å². The van der Waals surface area contributed by atoms with E-state index >= 15 is 0 Å². The predicted molar refractivity (Wildman–Crippen MR) is 112 cm³/mol. The first-order valence-electron chi connectivity index (χ1n) is 11.4. The van der Waals surface area contributed by atoms with Gasteiger partial charge >= 0.3 is 5.97 Å². The molecule has 4 rings (SSSR count). The number of hydrogen-bond acceptors (Lipinski definition) is 3. The molecule has 158 valence electrons. The molecule has 1 aromatic carbocycles. The fraction of sp³-hybridized carbons (Fsp3) is 0.680. The highest BCUT2D eigenvalue weighted by atomic mass is 16.5. The smallest absolute Gasteiger partial charge is 0.303 e. The monoisotopic (exact) mass is 398 g/mol. The molecule has 1 aromatic rings. The number of benzene rings is 1. The number of unbranched alkanes of at least 4 members (excludes halogenated alkanes) is 2. The van der Waals surface area contributed by atoms with Crippen LogP contribution in [0.2, 0.25) is 0 Å². The molecule has 0 spiro atoms. The number of aliphatic carboxylic acids is 1. The van der Waals surface area contributed by atoms with Crippen molar-refractivity contribution >= 4 is 11.8 Å². The standard InChI is InChI=1S/C25H34O4/c1-25-13-12-20-19-11-9-18(29-2)14-16(19)8-10-21(20)24(25)17(15-22(25)26)6-4-3-5-7-23(27)28/h9,11,14,17,20-21,24H,3-8,10,12-13,15H2,1-2H3,(H,27,28). The number of carboxylic acids is 1. The van der Waals surface area contributed by atoms with Crippen LogP contribution in [0, 0.1) is 23.2 Å². The minimum atomic E-state index is -0.707. The lowest BCUT2D eigenvalue weighted by atomic mass is 9.54. The molecule has 0 bridgehead atoms. The highest BCUT2D eigenvalue weighted by molar-refractivity contribution is 5.87. The van der Waals surface area contributed by atoms with E-state index in [1.807, 2.05) is 0 Å². The molecule has 4 heteroatoms. The molecule has 0 radical (unpaired) electrons. The van der Waals surface area contributed by atoms with Crippen molar-refractivity contribution in [3.8, 4) is 5.75 Å². The minimum Gasteiger partial charge on any atom is -0.497 e. The highest BCUT2D eigenvalue weighted by Crippen LogP contribution is 2.62. The van der Waals surface area contributed by atoms with E-state index in [1.54, 1.807) is 7.11 Å². The van der Waals surface area contributed by atoms with Crippen molar-refractivity contribution in [3.05, 3.63) is 29.3 Å². The molecule has 3 aliphatic rings. The summed E-state index contributed by atoms with van der Waals surface area (Å²) in [5.74, 6) is 2.86. The van der Waals surface area contributed by atoms with Gasteiger partial charge in [-0.25, -0.2) is 0 Å². The van der Waals surface area contributed by atoms with Crippen LogP contribution in [0.3, 0.4) is 0 Å². The van der Waals surface area contributed by atoms with Crippen LogP contribution in [-0.2, 0) is 16.0 Å². The molecule has 0 saturated heterocycles. The zero-order valence-corrected chi connectivity index (χ0v) is 17.8. The van der Waals surface area contributed by atoms with Crippen molar-refractivity contribution in [3.63, 3.8) is 0 Å². The van der Waals surface area contributed by atoms with Gasteiger partial charge in [-0.2, -0.15) is 0 Å². The van der Waals surface area contributed by atoms with Gasteiger partial charge < -0.3 is 9.84 Å². The van der Waals surface area contributed by atoms with Gasteiger partial charge in [-0.3, -0.25) is 9.59 Å². The Morgan fingerprint density at radius 2 is 2.07 bits per heavy atom.